The molecule has 0 saturated carbocycles. The fraction of sp³-hybridized carbons (Fsp3) is 0.353. The number of rotatable bonds is 2. The van der Waals surface area contributed by atoms with Crippen LogP contribution in [0.25, 0.3) is 0 Å². The minimum absolute atomic E-state index is 0.00364. The van der Waals surface area contributed by atoms with Crippen LogP contribution < -0.4 is 4.90 Å². The van der Waals surface area contributed by atoms with E-state index in [1.165, 1.54) is 12.4 Å². The second-order valence-electron chi connectivity index (χ2n) is 6.03. The van der Waals surface area contributed by atoms with E-state index < -0.39 is 0 Å². The Labute approximate surface area is 139 Å². The Morgan fingerprint density at radius 3 is 2.71 bits per heavy atom. The summed E-state index contributed by atoms with van der Waals surface area (Å²) in [5, 5.41) is 0. The van der Waals surface area contributed by atoms with E-state index in [0.29, 0.717) is 25.1 Å². The van der Waals surface area contributed by atoms with Gasteiger partial charge in [0.2, 0.25) is 5.91 Å². The Morgan fingerprint density at radius 1 is 1.08 bits per heavy atom. The summed E-state index contributed by atoms with van der Waals surface area (Å²) in [7, 11) is 0. The molecular formula is C17H17N5O2. The van der Waals surface area contributed by atoms with Crippen molar-refractivity contribution in [2.45, 2.75) is 31.3 Å². The number of hydrogen-bond acceptors (Lipinski definition) is 5. The van der Waals surface area contributed by atoms with Gasteiger partial charge in [0.1, 0.15) is 5.69 Å². The van der Waals surface area contributed by atoms with Crippen LogP contribution in [0.5, 0.6) is 0 Å². The van der Waals surface area contributed by atoms with E-state index in [1.54, 1.807) is 18.6 Å². The summed E-state index contributed by atoms with van der Waals surface area (Å²) in [6, 6.07) is 3.72. The number of fused-ring (bicyclic) bond motifs is 1. The number of piperidine rings is 1. The number of amides is 2. The van der Waals surface area contributed by atoms with Gasteiger partial charge >= 0.3 is 0 Å². The zero-order valence-electron chi connectivity index (χ0n) is 13.1. The van der Waals surface area contributed by atoms with Crippen LogP contribution in [0.15, 0.2) is 43.1 Å². The largest absolute Gasteiger partial charge is 0.332 e. The summed E-state index contributed by atoms with van der Waals surface area (Å²) in [4.78, 5) is 41.0. The molecule has 0 unspecified atom stereocenters. The van der Waals surface area contributed by atoms with Gasteiger partial charge in [-0.25, -0.2) is 4.98 Å². The highest BCUT2D eigenvalue weighted by Gasteiger charge is 2.45. The lowest BCUT2D eigenvalue weighted by Crippen LogP contribution is -2.53. The molecule has 2 saturated heterocycles. The van der Waals surface area contributed by atoms with Gasteiger partial charge in [-0.15, -0.1) is 0 Å². The predicted octanol–water partition coefficient (Wildman–Crippen LogP) is 1.28. The summed E-state index contributed by atoms with van der Waals surface area (Å²) in [6.07, 6.45) is 9.83. The molecule has 0 radical (unpaired) electrons. The summed E-state index contributed by atoms with van der Waals surface area (Å²) < 4.78 is 0. The molecule has 4 heterocycles. The average Bonchev–Trinajstić information content (AvgIpc) is 3.06. The molecule has 7 heteroatoms. The van der Waals surface area contributed by atoms with Gasteiger partial charge in [0.05, 0.1) is 30.2 Å². The topological polar surface area (TPSA) is 79.3 Å². The fourth-order valence-corrected chi connectivity index (χ4v) is 3.70. The first kappa shape index (κ1) is 14.7. The van der Waals surface area contributed by atoms with Gasteiger partial charge in [0.15, 0.2) is 0 Å². The summed E-state index contributed by atoms with van der Waals surface area (Å²) >= 11 is 0. The molecule has 4 rings (SSSR count). The first-order chi connectivity index (χ1) is 11.8. The van der Waals surface area contributed by atoms with E-state index in [2.05, 4.69) is 15.0 Å². The van der Waals surface area contributed by atoms with Crippen LogP contribution in [0.4, 0.5) is 5.69 Å². The van der Waals surface area contributed by atoms with E-state index >= 15 is 0 Å². The lowest BCUT2D eigenvalue weighted by Gasteiger charge is -2.39. The number of carbonyl (C=O) groups excluding carboxylic acids is 2. The van der Waals surface area contributed by atoms with Crippen molar-refractivity contribution in [2.24, 2.45) is 0 Å². The van der Waals surface area contributed by atoms with Crippen molar-refractivity contribution in [1.82, 2.24) is 19.9 Å². The van der Waals surface area contributed by atoms with Crippen molar-refractivity contribution in [2.75, 3.05) is 11.4 Å². The Kier molecular flexibility index (Phi) is 3.68. The number of anilines is 1. The van der Waals surface area contributed by atoms with Gasteiger partial charge in [0.25, 0.3) is 5.91 Å². The fourth-order valence-electron chi connectivity index (χ4n) is 3.70. The second kappa shape index (κ2) is 5.99. The molecule has 0 aliphatic carbocycles. The lowest BCUT2D eigenvalue weighted by molar-refractivity contribution is -0.120. The molecule has 2 atom stereocenters. The quantitative estimate of drug-likeness (QED) is 0.832. The Morgan fingerprint density at radius 2 is 1.96 bits per heavy atom. The lowest BCUT2D eigenvalue weighted by atomic mass is 9.95. The van der Waals surface area contributed by atoms with E-state index in [-0.39, 0.29) is 23.9 Å². The SMILES string of the molecule is O=C(c1cnccn1)N1CC[C@H]2[C@@H]1CCC(=O)N2c1cccnc1. The van der Waals surface area contributed by atoms with Crippen LogP contribution in [-0.2, 0) is 4.79 Å². The van der Waals surface area contributed by atoms with E-state index in [0.717, 1.165) is 12.1 Å². The summed E-state index contributed by atoms with van der Waals surface area (Å²) in [5.41, 5.74) is 1.15. The van der Waals surface area contributed by atoms with Gasteiger partial charge in [-0.05, 0) is 25.0 Å². The molecule has 2 aliphatic rings. The number of hydrogen-bond donors (Lipinski definition) is 0. The zero-order chi connectivity index (χ0) is 16.5. The molecule has 24 heavy (non-hydrogen) atoms. The maximum Gasteiger partial charge on any atom is 0.274 e. The molecule has 0 aromatic carbocycles. The Balaban J connectivity index is 1.61. The maximum atomic E-state index is 12.7. The number of likely N-dealkylation sites (tertiary alicyclic amines) is 1. The van der Waals surface area contributed by atoms with Crippen molar-refractivity contribution >= 4 is 17.5 Å². The van der Waals surface area contributed by atoms with Crippen LogP contribution in [0.3, 0.4) is 0 Å². The van der Waals surface area contributed by atoms with E-state index in [1.807, 2.05) is 21.9 Å². The first-order valence-electron chi connectivity index (χ1n) is 8.05. The smallest absolute Gasteiger partial charge is 0.274 e. The number of aromatic nitrogens is 3. The third-order valence-electron chi connectivity index (χ3n) is 4.73. The van der Waals surface area contributed by atoms with Gasteiger partial charge in [-0.3, -0.25) is 19.6 Å². The van der Waals surface area contributed by atoms with Crippen molar-refractivity contribution in [3.05, 3.63) is 48.8 Å². The van der Waals surface area contributed by atoms with Crippen LogP contribution >= 0.6 is 0 Å². The predicted molar refractivity (Wildman–Crippen MR) is 86.2 cm³/mol. The van der Waals surface area contributed by atoms with Crippen molar-refractivity contribution in [3.63, 3.8) is 0 Å². The van der Waals surface area contributed by atoms with Gasteiger partial charge in [-0.1, -0.05) is 0 Å². The number of pyridine rings is 1. The van der Waals surface area contributed by atoms with E-state index in [4.69, 9.17) is 0 Å². The van der Waals surface area contributed by atoms with Crippen molar-refractivity contribution < 1.29 is 9.59 Å². The van der Waals surface area contributed by atoms with Crippen LogP contribution in [-0.4, -0.2) is 50.3 Å². The molecule has 122 valence electrons. The molecule has 2 aromatic heterocycles. The standard InChI is InChI=1S/C17H17N5O2/c23-16-4-3-14-15(22(16)12-2-1-6-18-10-12)5-9-21(14)17(24)13-11-19-7-8-20-13/h1-2,6-8,10-11,14-15H,3-5,9H2/t14-,15-/m0/s1. The normalized spacial score (nSPS) is 23.2. The highest BCUT2D eigenvalue weighted by molar-refractivity contribution is 5.96. The Bertz CT molecular complexity index is 752. The number of nitrogens with zero attached hydrogens (tertiary/aromatic N) is 5. The number of carbonyl (C=O) groups is 2. The van der Waals surface area contributed by atoms with Crippen LogP contribution in [0.1, 0.15) is 29.8 Å². The molecule has 0 bridgehead atoms. The molecule has 0 spiro atoms. The van der Waals surface area contributed by atoms with Crippen LogP contribution in [0.2, 0.25) is 0 Å². The van der Waals surface area contributed by atoms with E-state index in [9.17, 15) is 9.59 Å². The summed E-state index contributed by atoms with van der Waals surface area (Å²) in [6.45, 7) is 0.620. The molecule has 0 N–H and O–H groups in total. The zero-order valence-corrected chi connectivity index (χ0v) is 13.1. The minimum atomic E-state index is -0.115. The molecule has 2 fully saturated rings. The van der Waals surface area contributed by atoms with Gasteiger partial charge in [0, 0.05) is 31.6 Å². The van der Waals surface area contributed by atoms with Crippen molar-refractivity contribution in [1.29, 1.82) is 0 Å². The average molecular weight is 323 g/mol. The summed E-state index contributed by atoms with van der Waals surface area (Å²) in [5.74, 6) is -0.0193. The minimum Gasteiger partial charge on any atom is -0.332 e. The monoisotopic (exact) mass is 323 g/mol. The highest BCUT2D eigenvalue weighted by atomic mass is 16.2. The maximum absolute atomic E-state index is 12.7. The molecule has 2 amide bonds. The third-order valence-corrected chi connectivity index (χ3v) is 4.73. The second-order valence-corrected chi connectivity index (χ2v) is 6.03. The highest BCUT2D eigenvalue weighted by Crippen LogP contribution is 2.35. The Hall–Kier alpha value is -2.83. The molecule has 7 nitrogen and oxygen atoms in total. The molecule has 2 aliphatic heterocycles. The first-order valence-corrected chi connectivity index (χ1v) is 8.05. The van der Waals surface area contributed by atoms with Gasteiger partial charge in [-0.2, -0.15) is 0 Å². The third kappa shape index (κ3) is 2.42. The van der Waals surface area contributed by atoms with Crippen LogP contribution in [0, 0.1) is 0 Å². The molecule has 2 aromatic rings. The van der Waals surface area contributed by atoms with Crippen molar-refractivity contribution in [3.8, 4) is 0 Å². The van der Waals surface area contributed by atoms with Gasteiger partial charge < -0.3 is 9.80 Å². The molecular weight excluding hydrogens is 306 g/mol.